The maximum absolute atomic E-state index is 9.42. The maximum Gasteiger partial charge on any atom is 0.0580 e. The topological polar surface area (TPSA) is 46.2 Å². The Bertz CT molecular complexity index is 151. The first-order valence-electron chi connectivity index (χ1n) is 4.40. The molecule has 1 rings (SSSR count). The number of aliphatic hydroxyl groups excluding tert-OH is 1. The molecule has 2 nitrogen and oxygen atoms in total. The Morgan fingerprint density at radius 1 is 1.67 bits per heavy atom. The van der Waals surface area contributed by atoms with E-state index >= 15 is 0 Å². The van der Waals surface area contributed by atoms with Crippen LogP contribution < -0.4 is 5.73 Å². The van der Waals surface area contributed by atoms with E-state index in [2.05, 4.69) is 0 Å². The fourth-order valence-corrected chi connectivity index (χ4v) is 1.07. The van der Waals surface area contributed by atoms with Crippen LogP contribution in [0.5, 0.6) is 0 Å². The zero-order valence-electron chi connectivity index (χ0n) is 7.67. The molecule has 0 spiro atoms. The molecule has 54 valence electrons. The van der Waals surface area contributed by atoms with E-state index < -0.39 is 18.5 Å². The van der Waals surface area contributed by atoms with Crippen LogP contribution in [0.25, 0.3) is 0 Å². The number of aliphatic hydroxyl groups is 1. The van der Waals surface area contributed by atoms with Crippen LogP contribution in [-0.4, -0.2) is 17.3 Å². The van der Waals surface area contributed by atoms with Crippen molar-refractivity contribution in [2.24, 2.45) is 11.7 Å². The molecule has 0 heterocycles. The van der Waals surface area contributed by atoms with Gasteiger partial charge >= 0.3 is 0 Å². The van der Waals surface area contributed by atoms with Crippen molar-refractivity contribution in [3.8, 4) is 0 Å². The van der Waals surface area contributed by atoms with E-state index in [1.165, 1.54) is 0 Å². The van der Waals surface area contributed by atoms with Crippen molar-refractivity contribution in [2.45, 2.75) is 38.3 Å². The van der Waals surface area contributed by atoms with Crippen molar-refractivity contribution in [3.63, 3.8) is 0 Å². The smallest absolute Gasteiger partial charge is 0.0580 e. The lowest BCUT2D eigenvalue weighted by Gasteiger charge is -2.28. The summed E-state index contributed by atoms with van der Waals surface area (Å²) in [6.45, 7) is 1.86. The zero-order chi connectivity index (χ0) is 8.65. The zero-order valence-corrected chi connectivity index (χ0v) is 5.67. The molecule has 3 N–H and O–H groups in total. The molecule has 2 heteroatoms. The number of hydrogen-bond donors (Lipinski definition) is 2. The molecule has 1 aliphatic carbocycles. The highest BCUT2D eigenvalue weighted by Crippen LogP contribution is 2.22. The van der Waals surface area contributed by atoms with Crippen molar-refractivity contribution in [3.05, 3.63) is 0 Å². The molecule has 0 unspecified atom stereocenters. The summed E-state index contributed by atoms with van der Waals surface area (Å²) in [5.74, 6) is 0.0322. The molecule has 0 bridgehead atoms. The Balaban J connectivity index is 2.72. The lowest BCUT2D eigenvalue weighted by atomic mass is 9.85. The Hall–Kier alpha value is -0.0800. The summed E-state index contributed by atoms with van der Waals surface area (Å²) in [7, 11) is 0. The second-order valence-electron chi connectivity index (χ2n) is 2.77. The Morgan fingerprint density at radius 3 is 2.89 bits per heavy atom. The largest absolute Gasteiger partial charge is 0.393 e. The van der Waals surface area contributed by atoms with Gasteiger partial charge in [-0.05, 0) is 25.1 Å². The van der Waals surface area contributed by atoms with Crippen molar-refractivity contribution >= 4 is 0 Å². The Labute approximate surface area is 58.9 Å². The first kappa shape index (κ1) is 4.69. The predicted molar refractivity (Wildman–Crippen MR) is 37.0 cm³/mol. The van der Waals surface area contributed by atoms with Gasteiger partial charge in [0.1, 0.15) is 0 Å². The maximum atomic E-state index is 9.42. The van der Waals surface area contributed by atoms with Gasteiger partial charge in [0.05, 0.1) is 6.10 Å². The van der Waals surface area contributed by atoms with E-state index in [4.69, 9.17) is 8.48 Å². The lowest BCUT2D eigenvalue weighted by molar-refractivity contribution is 0.0708. The molecule has 1 fully saturated rings. The predicted octanol–water partition coefficient (Wildman–Crippen LogP) is 0.495. The van der Waals surface area contributed by atoms with Crippen LogP contribution >= 0.6 is 0 Å². The molecular weight excluding hydrogens is 114 g/mol. The van der Waals surface area contributed by atoms with Crippen molar-refractivity contribution in [1.29, 1.82) is 0 Å². The minimum atomic E-state index is -1.60. The molecule has 0 aromatic rings. The first-order chi connectivity index (χ1) is 4.96. The standard InChI is InChI=1S/C7H15NO/c1-5-2-3-6(8)4-7(5)9/h5-7,9H,2-4,8H2,1H3/t5-,6-,7-/m1/s1/i4D2. The van der Waals surface area contributed by atoms with E-state index in [0.717, 1.165) is 6.42 Å². The summed E-state index contributed by atoms with van der Waals surface area (Å²) in [6.07, 6.45) is -1.00. The average Bonchev–Trinajstić information content (AvgIpc) is 1.95. The molecule has 0 aromatic heterocycles. The average molecular weight is 131 g/mol. The van der Waals surface area contributed by atoms with Crippen LogP contribution in [0.3, 0.4) is 0 Å². The SMILES string of the molecule is [2H]C1([2H])[C@H](N)CC[C@@H](C)[C@@H]1O. The van der Waals surface area contributed by atoms with E-state index in [0.29, 0.717) is 6.42 Å². The molecule has 1 aliphatic rings. The normalized spacial score (nSPS) is 53.9. The van der Waals surface area contributed by atoms with Crippen LogP contribution in [-0.2, 0) is 0 Å². The van der Waals surface area contributed by atoms with Gasteiger partial charge in [0.15, 0.2) is 0 Å². The van der Waals surface area contributed by atoms with Crippen LogP contribution in [0.4, 0.5) is 0 Å². The molecule has 0 radical (unpaired) electrons. The van der Waals surface area contributed by atoms with Gasteiger partial charge in [-0.25, -0.2) is 0 Å². The Kier molecular flexibility index (Phi) is 1.39. The van der Waals surface area contributed by atoms with Gasteiger partial charge < -0.3 is 10.8 Å². The minimum absolute atomic E-state index is 0.0322. The molecule has 0 aromatic carbocycles. The number of hydrogen-bond acceptors (Lipinski definition) is 2. The van der Waals surface area contributed by atoms with E-state index in [-0.39, 0.29) is 5.92 Å². The van der Waals surface area contributed by atoms with Crippen molar-refractivity contribution in [2.75, 3.05) is 0 Å². The Morgan fingerprint density at radius 2 is 2.33 bits per heavy atom. The third kappa shape index (κ3) is 1.66. The highest BCUT2D eigenvalue weighted by atomic mass is 16.3. The van der Waals surface area contributed by atoms with Gasteiger partial charge in [0, 0.05) is 8.78 Å². The molecule has 0 saturated heterocycles. The summed E-state index contributed by atoms with van der Waals surface area (Å²) in [6, 6.07) is -0.506. The highest BCUT2D eigenvalue weighted by Gasteiger charge is 2.22. The second-order valence-corrected chi connectivity index (χ2v) is 2.77. The summed E-state index contributed by atoms with van der Waals surface area (Å²) in [4.78, 5) is 0. The van der Waals surface area contributed by atoms with E-state index in [9.17, 15) is 5.11 Å². The molecule has 0 amide bonds. The van der Waals surface area contributed by atoms with Crippen molar-refractivity contribution < 1.29 is 7.85 Å². The van der Waals surface area contributed by atoms with Gasteiger partial charge in [0.25, 0.3) is 0 Å². The van der Waals surface area contributed by atoms with E-state index in [1.54, 1.807) is 0 Å². The first-order valence-corrected chi connectivity index (χ1v) is 3.40. The van der Waals surface area contributed by atoms with Crippen LogP contribution in [0.15, 0.2) is 0 Å². The fraction of sp³-hybridized carbons (Fsp3) is 1.00. The van der Waals surface area contributed by atoms with Gasteiger partial charge in [0.2, 0.25) is 0 Å². The summed E-state index contributed by atoms with van der Waals surface area (Å²) >= 11 is 0. The molecule has 3 atom stereocenters. The summed E-state index contributed by atoms with van der Waals surface area (Å²) in [5.41, 5.74) is 5.53. The number of rotatable bonds is 0. The lowest BCUT2D eigenvalue weighted by Crippen LogP contribution is -2.35. The van der Waals surface area contributed by atoms with Crippen LogP contribution in [0.1, 0.15) is 28.9 Å². The third-order valence-electron chi connectivity index (χ3n) is 1.86. The molecule has 9 heavy (non-hydrogen) atoms. The van der Waals surface area contributed by atoms with Gasteiger partial charge in [-0.2, -0.15) is 0 Å². The van der Waals surface area contributed by atoms with Crippen LogP contribution in [0.2, 0.25) is 0 Å². The van der Waals surface area contributed by atoms with Crippen LogP contribution in [0, 0.1) is 5.92 Å². The number of nitrogens with two attached hydrogens (primary N) is 1. The highest BCUT2D eigenvalue weighted by molar-refractivity contribution is 4.78. The fourth-order valence-electron chi connectivity index (χ4n) is 1.07. The molecule has 1 saturated carbocycles. The molecular formula is C7H15NO. The van der Waals surface area contributed by atoms with Gasteiger partial charge in [-0.3, -0.25) is 0 Å². The van der Waals surface area contributed by atoms with Gasteiger partial charge in [-0.15, -0.1) is 0 Å². The van der Waals surface area contributed by atoms with E-state index in [1.807, 2.05) is 6.92 Å². The van der Waals surface area contributed by atoms with Crippen molar-refractivity contribution in [1.82, 2.24) is 0 Å². The summed E-state index contributed by atoms with van der Waals surface area (Å²) in [5, 5.41) is 9.42. The van der Waals surface area contributed by atoms with Gasteiger partial charge in [-0.1, -0.05) is 6.92 Å². The quantitative estimate of drug-likeness (QED) is 0.502. The minimum Gasteiger partial charge on any atom is -0.393 e. The third-order valence-corrected chi connectivity index (χ3v) is 1.86. The second kappa shape index (κ2) is 2.67. The summed E-state index contributed by atoms with van der Waals surface area (Å²) < 4.78 is 14.9. The molecule has 0 aliphatic heterocycles. The monoisotopic (exact) mass is 131 g/mol.